The van der Waals surface area contributed by atoms with E-state index in [4.69, 9.17) is 16.3 Å². The number of amides is 1. The first-order chi connectivity index (χ1) is 9.86. The third-order valence-corrected chi connectivity index (χ3v) is 5.78. The van der Waals surface area contributed by atoms with Gasteiger partial charge in [0.05, 0.1) is 11.6 Å². The zero-order valence-electron chi connectivity index (χ0n) is 11.2. The first-order valence-corrected chi connectivity index (χ1v) is 8.77. The molecule has 21 heavy (non-hydrogen) atoms. The summed E-state index contributed by atoms with van der Waals surface area (Å²) in [5, 5.41) is 2.92. The number of carbonyl (C=O) groups is 1. The molecule has 0 radical (unpaired) electrons. The number of methoxy groups -OCH3 is 1. The fourth-order valence-corrected chi connectivity index (χ4v) is 4.87. The van der Waals surface area contributed by atoms with E-state index in [1.165, 1.54) is 17.5 Å². The van der Waals surface area contributed by atoms with Gasteiger partial charge in [0.15, 0.2) is 5.75 Å². The van der Waals surface area contributed by atoms with Crippen molar-refractivity contribution < 1.29 is 17.9 Å². The first-order valence-electron chi connectivity index (χ1n) is 6.16. The molecule has 116 valence electrons. The Kier molecular flexibility index (Phi) is 5.13. The summed E-state index contributed by atoms with van der Waals surface area (Å²) in [5.41, 5.74) is 0. The maximum Gasteiger partial charge on any atom is 0.246 e. The van der Waals surface area contributed by atoms with Gasteiger partial charge in [-0.05, 0) is 28.1 Å². The van der Waals surface area contributed by atoms with E-state index < -0.39 is 10.0 Å². The normalized spacial score (nSPS) is 17.2. The highest BCUT2D eigenvalue weighted by Crippen LogP contribution is 2.36. The summed E-state index contributed by atoms with van der Waals surface area (Å²) in [7, 11) is -2.41. The minimum atomic E-state index is -3.79. The highest BCUT2D eigenvalue weighted by Gasteiger charge is 2.30. The van der Waals surface area contributed by atoms with Gasteiger partial charge in [0.2, 0.25) is 15.9 Å². The lowest BCUT2D eigenvalue weighted by molar-refractivity contribution is -0.120. The monoisotopic (exact) mass is 396 g/mol. The molecule has 1 amide bonds. The summed E-state index contributed by atoms with van der Waals surface area (Å²) in [6, 6.07) is 2.91. The molecule has 1 fully saturated rings. The molecule has 1 aliphatic heterocycles. The predicted molar refractivity (Wildman–Crippen MR) is 82.1 cm³/mol. The summed E-state index contributed by atoms with van der Waals surface area (Å²) >= 11 is 9.19. The van der Waals surface area contributed by atoms with Crippen LogP contribution in [0.1, 0.15) is 6.42 Å². The summed E-state index contributed by atoms with van der Waals surface area (Å²) in [6.45, 7) is 0.616. The minimum Gasteiger partial charge on any atom is -0.494 e. The molecule has 0 unspecified atom stereocenters. The molecule has 0 saturated carbocycles. The second-order valence-corrected chi connectivity index (χ2v) is 7.62. The van der Waals surface area contributed by atoms with E-state index >= 15 is 0 Å². The van der Waals surface area contributed by atoms with Gasteiger partial charge >= 0.3 is 0 Å². The van der Waals surface area contributed by atoms with Crippen molar-refractivity contribution in [2.75, 3.05) is 26.7 Å². The van der Waals surface area contributed by atoms with Crippen molar-refractivity contribution in [3.8, 4) is 5.75 Å². The van der Waals surface area contributed by atoms with Crippen LogP contribution in [0.2, 0.25) is 5.02 Å². The summed E-state index contributed by atoms with van der Waals surface area (Å²) < 4.78 is 32.4. The third-order valence-electron chi connectivity index (χ3n) is 3.07. The number of benzene rings is 1. The van der Waals surface area contributed by atoms with E-state index in [0.717, 1.165) is 0 Å². The van der Waals surface area contributed by atoms with Crippen LogP contribution in [0.15, 0.2) is 21.5 Å². The van der Waals surface area contributed by atoms with Crippen molar-refractivity contribution in [3.63, 3.8) is 0 Å². The molecule has 6 nitrogen and oxygen atoms in total. The van der Waals surface area contributed by atoms with E-state index in [1.54, 1.807) is 6.07 Å². The zero-order chi connectivity index (χ0) is 15.6. The van der Waals surface area contributed by atoms with Crippen LogP contribution < -0.4 is 10.1 Å². The molecule has 1 aromatic carbocycles. The van der Waals surface area contributed by atoms with E-state index in [0.29, 0.717) is 4.47 Å². The minimum absolute atomic E-state index is 0.0151. The number of halogens is 2. The zero-order valence-corrected chi connectivity index (χ0v) is 14.4. The molecule has 1 aliphatic rings. The largest absolute Gasteiger partial charge is 0.494 e. The summed E-state index contributed by atoms with van der Waals surface area (Å²) in [5.74, 6) is 0.0369. The lowest BCUT2D eigenvalue weighted by Crippen LogP contribution is -2.34. The Morgan fingerprint density at radius 3 is 2.76 bits per heavy atom. The molecular formula is C12H14BrClN2O4S. The lowest BCUT2D eigenvalue weighted by Gasteiger charge is -2.21. The molecule has 0 atom stereocenters. The molecule has 0 spiro atoms. The fraction of sp³-hybridized carbons (Fsp3) is 0.417. The number of rotatable bonds is 3. The van der Waals surface area contributed by atoms with Crippen LogP contribution in [0.5, 0.6) is 5.75 Å². The SMILES string of the molecule is COc1c(Br)cc(Cl)cc1S(=O)(=O)N1CCNC(=O)CC1. The van der Waals surface area contributed by atoms with Gasteiger partial charge in [-0.15, -0.1) is 0 Å². The Balaban J connectivity index is 2.46. The number of hydrogen-bond acceptors (Lipinski definition) is 4. The highest BCUT2D eigenvalue weighted by molar-refractivity contribution is 9.10. The molecule has 0 aromatic heterocycles. The summed E-state index contributed by atoms with van der Waals surface area (Å²) in [4.78, 5) is 11.3. The van der Waals surface area contributed by atoms with Gasteiger partial charge in [-0.3, -0.25) is 4.79 Å². The van der Waals surface area contributed by atoms with Gasteiger partial charge in [0.1, 0.15) is 4.90 Å². The number of nitrogens with one attached hydrogen (secondary N) is 1. The van der Waals surface area contributed by atoms with Gasteiger partial charge in [-0.25, -0.2) is 8.42 Å². The van der Waals surface area contributed by atoms with Crippen LogP contribution >= 0.6 is 27.5 Å². The molecule has 1 aromatic rings. The number of hydrogen-bond donors (Lipinski definition) is 1. The molecule has 2 rings (SSSR count). The van der Waals surface area contributed by atoms with Crippen molar-refractivity contribution in [3.05, 3.63) is 21.6 Å². The Labute approximate surface area is 136 Å². The maximum absolute atomic E-state index is 12.8. The van der Waals surface area contributed by atoms with E-state index in [2.05, 4.69) is 21.2 Å². The first kappa shape index (κ1) is 16.5. The van der Waals surface area contributed by atoms with E-state index in [-0.39, 0.29) is 47.6 Å². The standard InChI is InChI=1S/C12H14BrClN2O4S/c1-20-12-9(13)6-8(14)7-10(12)21(18,19)16-4-2-11(17)15-3-5-16/h6-7H,2-5H2,1H3,(H,15,17). The van der Waals surface area contributed by atoms with Gasteiger partial charge in [0.25, 0.3) is 0 Å². The van der Waals surface area contributed by atoms with E-state index in [9.17, 15) is 13.2 Å². The molecular weight excluding hydrogens is 384 g/mol. The molecule has 0 bridgehead atoms. The third kappa shape index (κ3) is 3.50. The molecule has 1 N–H and O–H groups in total. The molecule has 0 aliphatic carbocycles. The maximum atomic E-state index is 12.8. The van der Waals surface area contributed by atoms with Crippen LogP contribution in [0.25, 0.3) is 0 Å². The van der Waals surface area contributed by atoms with Crippen molar-refractivity contribution in [1.29, 1.82) is 0 Å². The Hall–Kier alpha value is -0.830. The second kappa shape index (κ2) is 6.51. The van der Waals surface area contributed by atoms with Crippen LogP contribution in [0, 0.1) is 0 Å². The van der Waals surface area contributed by atoms with Crippen LogP contribution in [0.3, 0.4) is 0 Å². The summed E-state index contributed by atoms with van der Waals surface area (Å²) in [6.07, 6.45) is 0.128. The Morgan fingerprint density at radius 2 is 2.10 bits per heavy atom. The highest BCUT2D eigenvalue weighted by atomic mass is 79.9. The van der Waals surface area contributed by atoms with Gasteiger partial charge in [-0.2, -0.15) is 4.31 Å². The van der Waals surface area contributed by atoms with E-state index in [1.807, 2.05) is 0 Å². The Morgan fingerprint density at radius 1 is 1.38 bits per heavy atom. The average Bonchev–Trinajstić information content (AvgIpc) is 2.63. The molecule has 1 saturated heterocycles. The lowest BCUT2D eigenvalue weighted by atomic mass is 10.3. The van der Waals surface area contributed by atoms with Crippen LogP contribution in [0.4, 0.5) is 0 Å². The van der Waals surface area contributed by atoms with Crippen molar-refractivity contribution in [2.45, 2.75) is 11.3 Å². The fourth-order valence-electron chi connectivity index (χ4n) is 2.05. The van der Waals surface area contributed by atoms with Crippen molar-refractivity contribution in [2.24, 2.45) is 0 Å². The van der Waals surface area contributed by atoms with Crippen LogP contribution in [-0.2, 0) is 14.8 Å². The van der Waals surface area contributed by atoms with Crippen molar-refractivity contribution in [1.82, 2.24) is 9.62 Å². The molecule has 1 heterocycles. The van der Waals surface area contributed by atoms with Gasteiger partial charge in [0, 0.05) is 31.1 Å². The smallest absolute Gasteiger partial charge is 0.246 e. The second-order valence-electron chi connectivity index (χ2n) is 4.42. The Bertz CT molecular complexity index is 665. The van der Waals surface area contributed by atoms with Crippen molar-refractivity contribution >= 4 is 43.5 Å². The number of carbonyl (C=O) groups excluding carboxylic acids is 1. The van der Waals surface area contributed by atoms with Crippen LogP contribution in [-0.4, -0.2) is 45.4 Å². The topological polar surface area (TPSA) is 75.7 Å². The predicted octanol–water partition coefficient (Wildman–Crippen LogP) is 1.62. The van der Waals surface area contributed by atoms with Gasteiger partial charge in [-0.1, -0.05) is 11.6 Å². The number of ether oxygens (including phenoxy) is 1. The molecule has 9 heteroatoms. The van der Waals surface area contributed by atoms with Gasteiger partial charge < -0.3 is 10.1 Å². The average molecular weight is 398 g/mol. The quantitative estimate of drug-likeness (QED) is 0.841. The number of sulfonamides is 1. The number of nitrogens with zero attached hydrogens (tertiary/aromatic N) is 1.